The van der Waals surface area contributed by atoms with Crippen LogP contribution in [0.4, 0.5) is 40.3 Å². The Hall–Kier alpha value is -6.87. The minimum Gasteiger partial charge on any atom is -0.494 e. The topological polar surface area (TPSA) is 389 Å². The summed E-state index contributed by atoms with van der Waals surface area (Å²) in [5.74, 6) is -5.65. The highest BCUT2D eigenvalue weighted by Crippen LogP contribution is 2.52. The van der Waals surface area contributed by atoms with Gasteiger partial charge in [0.05, 0.1) is 53.7 Å². The number of pyridine rings is 1. The van der Waals surface area contributed by atoms with E-state index in [0.29, 0.717) is 0 Å². The average Bonchev–Trinajstić information content (AvgIpc) is 3.26. The molecule has 0 amide bonds. The van der Waals surface area contributed by atoms with Crippen LogP contribution in [0.3, 0.4) is 0 Å². The summed E-state index contributed by atoms with van der Waals surface area (Å²) in [6.07, 6.45) is 2.47. The number of anilines is 5. The Morgan fingerprint density at radius 2 is 1.45 bits per heavy atom. The van der Waals surface area contributed by atoms with Crippen molar-refractivity contribution in [2.24, 2.45) is 9.98 Å². The van der Waals surface area contributed by atoms with Crippen molar-refractivity contribution in [1.29, 1.82) is 0 Å². The van der Waals surface area contributed by atoms with Crippen molar-refractivity contribution in [3.63, 3.8) is 0 Å². The Kier molecular flexibility index (Phi) is 12.4. The first kappa shape index (κ1) is 48.6. The van der Waals surface area contributed by atoms with Crippen LogP contribution in [0.1, 0.15) is 15.9 Å². The fraction of sp³-hybridized carbons (Fsp3) is 0.108. The highest BCUT2D eigenvalue weighted by Gasteiger charge is 2.37. The molecule has 4 aromatic carbocycles. The Morgan fingerprint density at radius 1 is 0.812 bits per heavy atom. The number of nitrogens with one attached hydrogen (secondary N) is 2. The minimum absolute atomic E-state index is 0.0124. The molecule has 26 nitrogen and oxygen atoms in total. The molecule has 0 radical (unpaired) electrons. The van der Waals surface area contributed by atoms with E-state index in [4.69, 9.17) is 47.7 Å². The number of hydrogen-bond donors (Lipinski definition) is 7. The van der Waals surface area contributed by atoms with Gasteiger partial charge >= 0.3 is 34.2 Å². The van der Waals surface area contributed by atoms with Crippen LogP contribution < -0.4 is 45.9 Å². The fourth-order valence-corrected chi connectivity index (χ4v) is 10.3. The maximum Gasteiger partial charge on any atom is 0.444 e. The SMILES string of the molecule is COc1cc(Nc2nc(Nc3cccc(S(=O)(=O)CCOS(=O)(=O)O)c3)nc(-[n+]3cccc(C(=O)O)c3)n2)c(S(=O)(=O)O)c2c1N=c1c(Cl)c3c(c(Cl)c1O2)=Nc1cc(C)c(N)c(S(=O)(=O)O)c1O3. The Bertz CT molecular complexity index is 3850. The number of nitrogens with two attached hydrogens (primary N) is 1. The van der Waals surface area contributed by atoms with Crippen LogP contribution in [0.2, 0.25) is 10.0 Å². The van der Waals surface area contributed by atoms with Gasteiger partial charge in [0.1, 0.15) is 32.1 Å². The minimum atomic E-state index is -5.39. The van der Waals surface area contributed by atoms with Gasteiger partial charge in [-0.15, -0.1) is 4.98 Å². The molecule has 4 heterocycles. The van der Waals surface area contributed by atoms with E-state index in [0.717, 1.165) is 30.0 Å². The van der Waals surface area contributed by atoms with Gasteiger partial charge in [-0.1, -0.05) is 29.3 Å². The highest BCUT2D eigenvalue weighted by molar-refractivity contribution is 7.91. The lowest BCUT2D eigenvalue weighted by atomic mass is 10.1. The number of aryl methyl sites for hydroxylation is 1. The number of carboxylic acids is 1. The Morgan fingerprint density at radius 3 is 2.07 bits per heavy atom. The van der Waals surface area contributed by atoms with E-state index < -0.39 is 113 Å². The second-order valence-electron chi connectivity index (χ2n) is 14.2. The van der Waals surface area contributed by atoms with E-state index in [1.807, 2.05) is 0 Å². The summed E-state index contributed by atoms with van der Waals surface area (Å²) in [4.78, 5) is 31.5. The lowest BCUT2D eigenvalue weighted by Crippen LogP contribution is -2.34. The molecular weight excluding hydrogens is 1040 g/mol. The Labute approximate surface area is 398 Å². The van der Waals surface area contributed by atoms with Crippen molar-refractivity contribution in [3.05, 3.63) is 92.8 Å². The molecule has 0 saturated heterocycles. The average molecular weight is 1070 g/mol. The molecule has 8 rings (SSSR count). The molecule has 2 aromatic heterocycles. The van der Waals surface area contributed by atoms with E-state index >= 15 is 0 Å². The van der Waals surface area contributed by atoms with Crippen molar-refractivity contribution in [1.82, 2.24) is 15.0 Å². The van der Waals surface area contributed by atoms with Gasteiger partial charge in [0.2, 0.25) is 0 Å². The van der Waals surface area contributed by atoms with Gasteiger partial charge in [-0.3, -0.25) is 13.7 Å². The molecule has 0 saturated carbocycles. The van der Waals surface area contributed by atoms with Gasteiger partial charge < -0.3 is 35.7 Å². The number of nitrogen functional groups attached to an aromatic ring is 1. The van der Waals surface area contributed by atoms with Gasteiger partial charge in [-0.2, -0.15) is 25.3 Å². The lowest BCUT2D eigenvalue weighted by molar-refractivity contribution is -0.603. The zero-order chi connectivity index (χ0) is 50.1. The fourth-order valence-electron chi connectivity index (χ4n) is 6.66. The maximum atomic E-state index is 13.4. The standard InChI is InChI=1S/C37H27Cl2N9O17S4/c1-15-11-19-28(33(24(15)40)68(56,57)58)64-29-23(39)27-30(22(38)26(29)42-19)65-31-25(44-27)21(62-2)13-20(32(31)67(53,54)55)43-36-45-35(46-37(47-36)48-8-4-5-16(14-48)34(49)50)41-17-6-3-7-18(12-17)66(51,52)10-9-63-69(59,60)61/h3-8,11-14H,9-10H2,1-2H3,(H7-,40,41,42,43,44,45,46,47,49,50,53,54,55,56,57,58,59,60,61)/p+1. The molecule has 0 spiro atoms. The van der Waals surface area contributed by atoms with Crippen LogP contribution in [-0.4, -0.2) is 92.8 Å². The van der Waals surface area contributed by atoms with Gasteiger partial charge in [-0.25, -0.2) is 31.9 Å². The summed E-state index contributed by atoms with van der Waals surface area (Å²) < 4.78 is 152. The number of carboxylic acid groups (broad SMARTS) is 1. The van der Waals surface area contributed by atoms with E-state index in [9.17, 15) is 52.7 Å². The second-order valence-corrected chi connectivity index (χ2v) is 20.9. The number of carbonyl (C=O) groups is 1. The number of sulfone groups is 1. The van der Waals surface area contributed by atoms with E-state index in [-0.39, 0.29) is 67.2 Å². The molecule has 0 unspecified atom stereocenters. The molecular formula is C37H28Cl2N9O17S4+. The number of methoxy groups -OCH3 is 1. The van der Waals surface area contributed by atoms with Crippen LogP contribution in [0.15, 0.2) is 85.6 Å². The largest absolute Gasteiger partial charge is 0.494 e. The van der Waals surface area contributed by atoms with Gasteiger partial charge in [0.15, 0.2) is 48.4 Å². The van der Waals surface area contributed by atoms with E-state index in [2.05, 4.69) is 39.8 Å². The van der Waals surface area contributed by atoms with Gasteiger partial charge in [0, 0.05) is 11.8 Å². The number of aromatic carboxylic acids is 1. The molecule has 0 bridgehead atoms. The van der Waals surface area contributed by atoms with Crippen molar-refractivity contribution in [2.45, 2.75) is 21.6 Å². The number of fused-ring (bicyclic) bond motifs is 4. The molecule has 2 aliphatic heterocycles. The number of rotatable bonds is 14. The lowest BCUT2D eigenvalue weighted by Gasteiger charge is -2.24. The van der Waals surface area contributed by atoms with Crippen molar-refractivity contribution >= 4 is 110 Å². The molecule has 69 heavy (non-hydrogen) atoms. The highest BCUT2D eigenvalue weighted by atomic mass is 35.5. The summed E-state index contributed by atoms with van der Waals surface area (Å²) in [5, 5.41) is 13.7. The van der Waals surface area contributed by atoms with E-state index in [1.54, 1.807) is 0 Å². The zero-order valence-corrected chi connectivity index (χ0v) is 39.2. The van der Waals surface area contributed by atoms with Crippen LogP contribution in [-0.2, 0) is 44.7 Å². The third-order valence-electron chi connectivity index (χ3n) is 9.66. The predicted molar refractivity (Wildman–Crippen MR) is 237 cm³/mol. The summed E-state index contributed by atoms with van der Waals surface area (Å²) >= 11 is 13.6. The number of aromatic nitrogens is 4. The molecule has 8 N–H and O–H groups in total. The summed E-state index contributed by atoms with van der Waals surface area (Å²) in [6, 6.07) is 9.95. The monoisotopic (exact) mass is 1070 g/mol. The van der Waals surface area contributed by atoms with Crippen molar-refractivity contribution in [2.75, 3.05) is 35.8 Å². The third-order valence-corrected chi connectivity index (χ3v) is 14.3. The maximum absolute atomic E-state index is 13.4. The molecule has 32 heteroatoms. The summed E-state index contributed by atoms with van der Waals surface area (Å²) in [6.45, 7) is 0.521. The summed E-state index contributed by atoms with van der Waals surface area (Å²) in [5.41, 5.74) is 4.51. The molecule has 6 aromatic rings. The van der Waals surface area contributed by atoms with Gasteiger partial charge in [0.25, 0.3) is 20.2 Å². The number of ether oxygens (including phenoxy) is 3. The number of nitrogens with zero attached hydrogens (tertiary/aromatic N) is 6. The van der Waals surface area contributed by atoms with Crippen molar-refractivity contribution < 1.29 is 80.2 Å². The number of halogens is 2. The number of benzene rings is 4. The molecule has 0 fully saturated rings. The predicted octanol–water partition coefficient (Wildman–Crippen LogP) is 3.74. The van der Waals surface area contributed by atoms with Gasteiger partial charge in [-0.05, 0) is 58.9 Å². The van der Waals surface area contributed by atoms with Crippen LogP contribution in [0.25, 0.3) is 5.95 Å². The summed E-state index contributed by atoms with van der Waals surface area (Å²) in [7, 11) is -18.4. The van der Waals surface area contributed by atoms with Crippen LogP contribution in [0.5, 0.6) is 28.7 Å². The normalized spacial score (nSPS) is 13.0. The van der Waals surface area contributed by atoms with Crippen molar-refractivity contribution in [3.8, 4) is 34.7 Å². The first-order valence-electron chi connectivity index (χ1n) is 18.7. The van der Waals surface area contributed by atoms with Crippen LogP contribution >= 0.6 is 23.2 Å². The first-order chi connectivity index (χ1) is 32.2. The molecule has 0 aliphatic carbocycles. The molecule has 0 atom stereocenters. The first-order valence-corrected chi connectivity index (χ1v) is 25.4. The van der Waals surface area contributed by atoms with Crippen LogP contribution in [0, 0.1) is 6.92 Å². The molecule has 360 valence electrons. The Balaban J connectivity index is 1.25. The number of hydrogen-bond acceptors (Lipinski definition) is 21. The zero-order valence-electron chi connectivity index (χ0n) is 34.4. The second kappa shape index (κ2) is 17.6. The quantitative estimate of drug-likeness (QED) is 0.0463. The molecule has 2 aliphatic rings. The third kappa shape index (κ3) is 9.61. The van der Waals surface area contributed by atoms with E-state index in [1.165, 1.54) is 49.5 Å². The smallest absolute Gasteiger partial charge is 0.444 e.